The summed E-state index contributed by atoms with van der Waals surface area (Å²) in [6.07, 6.45) is 0.576. The summed E-state index contributed by atoms with van der Waals surface area (Å²) in [6, 6.07) is 20.7. The molecular formula is C34H50O5. The van der Waals surface area contributed by atoms with Gasteiger partial charge in [0.25, 0.3) is 0 Å². The van der Waals surface area contributed by atoms with Crippen LogP contribution in [0, 0.1) is 29.6 Å². The van der Waals surface area contributed by atoms with Gasteiger partial charge in [0.1, 0.15) is 6.10 Å². The van der Waals surface area contributed by atoms with Gasteiger partial charge in [0, 0.05) is 0 Å². The minimum Gasteiger partial charge on any atom is -0.371 e. The zero-order valence-corrected chi connectivity index (χ0v) is 25.0. The Labute approximate surface area is 236 Å². The van der Waals surface area contributed by atoms with E-state index in [0.29, 0.717) is 43.5 Å². The van der Waals surface area contributed by atoms with E-state index in [1.54, 1.807) is 0 Å². The molecule has 0 N–H and O–H groups in total. The molecule has 216 valence electrons. The lowest BCUT2D eigenvalue weighted by atomic mass is 9.78. The number of hydrogen-bond acceptors (Lipinski definition) is 5. The van der Waals surface area contributed by atoms with Crippen molar-refractivity contribution in [1.82, 2.24) is 0 Å². The van der Waals surface area contributed by atoms with Crippen molar-refractivity contribution in [3.8, 4) is 0 Å². The normalized spacial score (nSPS) is 35.3. The molecule has 2 aromatic carbocycles. The van der Waals surface area contributed by atoms with Crippen molar-refractivity contribution in [2.75, 3.05) is 6.61 Å². The second-order valence-electron chi connectivity index (χ2n) is 12.1. The lowest BCUT2D eigenvalue weighted by Crippen LogP contribution is -2.55. The molecule has 2 heterocycles. The Bertz CT molecular complexity index is 966. The molecule has 2 fully saturated rings. The molecule has 0 spiro atoms. The average molecular weight is 539 g/mol. The van der Waals surface area contributed by atoms with Crippen molar-refractivity contribution in [2.45, 2.75) is 105 Å². The van der Waals surface area contributed by atoms with Crippen LogP contribution in [0.25, 0.3) is 0 Å². The Balaban J connectivity index is 1.41. The van der Waals surface area contributed by atoms with Gasteiger partial charge in [0.05, 0.1) is 44.2 Å². The van der Waals surface area contributed by atoms with Gasteiger partial charge in [-0.05, 0) is 47.1 Å². The Morgan fingerprint density at radius 3 is 1.69 bits per heavy atom. The monoisotopic (exact) mass is 538 g/mol. The molecule has 5 heteroatoms. The number of rotatable bonds is 11. The highest BCUT2D eigenvalue weighted by molar-refractivity contribution is 5.14. The first-order valence-electron chi connectivity index (χ1n) is 15.0. The van der Waals surface area contributed by atoms with E-state index in [0.717, 1.165) is 12.0 Å². The molecular weight excluding hydrogens is 488 g/mol. The smallest absolute Gasteiger partial charge is 0.184 e. The van der Waals surface area contributed by atoms with Gasteiger partial charge in [-0.25, -0.2) is 0 Å². The lowest BCUT2D eigenvalue weighted by molar-refractivity contribution is -0.298. The molecule has 2 saturated heterocycles. The van der Waals surface area contributed by atoms with Crippen LogP contribution in [0.1, 0.15) is 66.0 Å². The second kappa shape index (κ2) is 14.2. The summed E-state index contributed by atoms with van der Waals surface area (Å²) in [7, 11) is 0. The Morgan fingerprint density at radius 1 is 0.641 bits per heavy atom. The van der Waals surface area contributed by atoms with E-state index in [1.165, 1.54) is 5.56 Å². The molecule has 5 nitrogen and oxygen atoms in total. The highest BCUT2D eigenvalue weighted by atomic mass is 16.7. The van der Waals surface area contributed by atoms with Crippen LogP contribution in [0.2, 0.25) is 0 Å². The van der Waals surface area contributed by atoms with E-state index < -0.39 is 6.29 Å². The van der Waals surface area contributed by atoms with Gasteiger partial charge in [0.2, 0.25) is 0 Å². The first-order valence-corrected chi connectivity index (χ1v) is 15.0. The predicted octanol–water partition coefficient (Wildman–Crippen LogP) is 7.28. The summed E-state index contributed by atoms with van der Waals surface area (Å²) < 4.78 is 32.8. The summed E-state index contributed by atoms with van der Waals surface area (Å²) in [5.41, 5.74) is 2.35. The van der Waals surface area contributed by atoms with Crippen molar-refractivity contribution in [2.24, 2.45) is 29.6 Å². The molecule has 4 unspecified atom stereocenters. The minimum atomic E-state index is -0.416. The number of ether oxygens (including phenoxy) is 5. The minimum absolute atomic E-state index is 0.00764. The molecule has 2 aliphatic heterocycles. The maximum absolute atomic E-state index is 6.74. The van der Waals surface area contributed by atoms with E-state index in [1.807, 2.05) is 24.3 Å². The third kappa shape index (κ3) is 7.51. The van der Waals surface area contributed by atoms with Gasteiger partial charge >= 0.3 is 0 Å². The molecule has 10 atom stereocenters. The molecule has 39 heavy (non-hydrogen) atoms. The standard InChI is InChI=1S/C34H50O5/c1-8-29-23(4)26(7)33(36-20-28-17-13-10-14-18-28)34(39-29)37-21-30-24(5)25(6)32(31(38-30)22(2)3)35-19-27-15-11-9-12-16-27/h9-18,22-26,29-34H,8,19-21H2,1-7H3/t23-,24-,25-,26-,29?,30?,31+,32?,33?,34-/m0/s1. The van der Waals surface area contributed by atoms with Gasteiger partial charge in [-0.1, -0.05) is 109 Å². The van der Waals surface area contributed by atoms with E-state index >= 15 is 0 Å². The van der Waals surface area contributed by atoms with Crippen LogP contribution in [0.5, 0.6) is 0 Å². The van der Waals surface area contributed by atoms with Crippen LogP contribution in [-0.4, -0.2) is 43.4 Å². The maximum atomic E-state index is 6.74. The maximum Gasteiger partial charge on any atom is 0.184 e. The second-order valence-corrected chi connectivity index (χ2v) is 12.1. The van der Waals surface area contributed by atoms with Crippen molar-refractivity contribution < 1.29 is 23.7 Å². The topological polar surface area (TPSA) is 46.2 Å². The quantitative estimate of drug-likeness (QED) is 0.301. The van der Waals surface area contributed by atoms with Crippen LogP contribution < -0.4 is 0 Å². The van der Waals surface area contributed by atoms with E-state index in [-0.39, 0.29) is 36.4 Å². The lowest BCUT2D eigenvalue weighted by Gasteiger charge is -2.48. The van der Waals surface area contributed by atoms with Gasteiger partial charge in [-0.3, -0.25) is 0 Å². The molecule has 2 aliphatic rings. The summed E-state index contributed by atoms with van der Waals surface area (Å²) in [5.74, 6) is 1.67. The molecule has 0 aromatic heterocycles. The summed E-state index contributed by atoms with van der Waals surface area (Å²) in [4.78, 5) is 0. The predicted molar refractivity (Wildman–Crippen MR) is 155 cm³/mol. The number of hydrogen-bond donors (Lipinski definition) is 0. The van der Waals surface area contributed by atoms with E-state index in [9.17, 15) is 0 Å². The Morgan fingerprint density at radius 2 is 1.15 bits per heavy atom. The van der Waals surface area contributed by atoms with Crippen LogP contribution >= 0.6 is 0 Å². The SMILES string of the molecule is CCC1O[C@H](OCC2O[C@H](C(C)C)C(OCc3ccccc3)[C@@H](C)[C@@H]2C)C(OCc2ccccc2)[C@@H](C)[C@@H]1C. The summed E-state index contributed by atoms with van der Waals surface area (Å²) in [6.45, 7) is 17.3. The van der Waals surface area contributed by atoms with Crippen LogP contribution in [0.4, 0.5) is 0 Å². The highest BCUT2D eigenvalue weighted by Crippen LogP contribution is 2.38. The molecule has 0 bridgehead atoms. The molecule has 2 aromatic rings. The molecule has 0 amide bonds. The molecule has 4 rings (SSSR count). The van der Waals surface area contributed by atoms with Crippen molar-refractivity contribution in [1.29, 1.82) is 0 Å². The largest absolute Gasteiger partial charge is 0.371 e. The van der Waals surface area contributed by atoms with Gasteiger partial charge in [0.15, 0.2) is 6.29 Å². The Kier molecular flexibility index (Phi) is 11.0. The molecule has 0 aliphatic carbocycles. The fraction of sp³-hybridized carbons (Fsp3) is 0.647. The van der Waals surface area contributed by atoms with Gasteiger partial charge in [-0.15, -0.1) is 0 Å². The summed E-state index contributed by atoms with van der Waals surface area (Å²) in [5, 5.41) is 0. The van der Waals surface area contributed by atoms with Crippen molar-refractivity contribution in [3.63, 3.8) is 0 Å². The first kappa shape index (κ1) is 30.2. The van der Waals surface area contributed by atoms with E-state index in [2.05, 4.69) is 84.9 Å². The Hall–Kier alpha value is -1.76. The zero-order valence-electron chi connectivity index (χ0n) is 25.0. The third-order valence-electron chi connectivity index (χ3n) is 9.16. The van der Waals surface area contributed by atoms with Crippen molar-refractivity contribution >= 4 is 0 Å². The van der Waals surface area contributed by atoms with Gasteiger partial charge in [-0.2, -0.15) is 0 Å². The number of benzene rings is 2. The fourth-order valence-electron chi connectivity index (χ4n) is 6.13. The first-order chi connectivity index (χ1) is 18.8. The molecule has 0 radical (unpaired) electrons. The average Bonchev–Trinajstić information content (AvgIpc) is 2.95. The summed E-state index contributed by atoms with van der Waals surface area (Å²) >= 11 is 0. The van der Waals surface area contributed by atoms with Crippen LogP contribution in [0.15, 0.2) is 60.7 Å². The van der Waals surface area contributed by atoms with Crippen LogP contribution in [-0.2, 0) is 36.9 Å². The van der Waals surface area contributed by atoms with Crippen molar-refractivity contribution in [3.05, 3.63) is 71.8 Å². The van der Waals surface area contributed by atoms with E-state index in [4.69, 9.17) is 23.7 Å². The van der Waals surface area contributed by atoms with Gasteiger partial charge < -0.3 is 23.7 Å². The fourth-order valence-corrected chi connectivity index (χ4v) is 6.13. The van der Waals surface area contributed by atoms with Crippen LogP contribution in [0.3, 0.4) is 0 Å². The zero-order chi connectivity index (χ0) is 27.9. The molecule has 0 saturated carbocycles. The highest BCUT2D eigenvalue weighted by Gasteiger charge is 2.46. The third-order valence-corrected chi connectivity index (χ3v) is 9.16.